The molecule has 2 aromatic carbocycles. The van der Waals surface area contributed by atoms with Gasteiger partial charge < -0.3 is 4.74 Å². The summed E-state index contributed by atoms with van der Waals surface area (Å²) in [6.07, 6.45) is -4.46. The number of benzene rings is 2. The molecule has 2 aromatic rings. The number of para-hydroxylation sites is 1. The second kappa shape index (κ2) is 6.26. The van der Waals surface area contributed by atoms with Crippen LogP contribution in [0.15, 0.2) is 65.9 Å². The number of carbonyl (C=O) groups excluding carboxylic acids is 2. The van der Waals surface area contributed by atoms with Crippen molar-refractivity contribution in [3.05, 3.63) is 77.0 Å². The summed E-state index contributed by atoms with van der Waals surface area (Å²) in [6, 6.07) is 13.4. The molecule has 0 saturated heterocycles. The molecule has 0 unspecified atom stereocenters. The number of esters is 1. The van der Waals surface area contributed by atoms with Crippen LogP contribution in [0, 0.1) is 0 Å². The maximum Gasteiger partial charge on any atom is 0.416 e. The molecule has 2 heterocycles. The molecule has 0 saturated carbocycles. The normalized spacial score (nSPS) is 20.0. The van der Waals surface area contributed by atoms with Gasteiger partial charge in [0.1, 0.15) is 6.61 Å². The highest BCUT2D eigenvalue weighted by atomic mass is 19.4. The van der Waals surface area contributed by atoms with Crippen LogP contribution in [-0.2, 0) is 20.5 Å². The van der Waals surface area contributed by atoms with E-state index in [1.807, 2.05) is 6.07 Å². The summed E-state index contributed by atoms with van der Waals surface area (Å²) >= 11 is 0. The second-order valence-electron chi connectivity index (χ2n) is 6.38. The molecule has 138 valence electrons. The monoisotopic (exact) mass is 373 g/mol. The molecule has 0 bridgehead atoms. The number of rotatable bonds is 2. The van der Waals surface area contributed by atoms with Crippen LogP contribution < -0.4 is 4.90 Å². The van der Waals surface area contributed by atoms with Gasteiger partial charge in [-0.15, -0.1) is 0 Å². The van der Waals surface area contributed by atoms with Crippen molar-refractivity contribution < 1.29 is 27.5 Å². The van der Waals surface area contributed by atoms with E-state index in [2.05, 4.69) is 0 Å². The van der Waals surface area contributed by atoms with Crippen molar-refractivity contribution >= 4 is 17.6 Å². The van der Waals surface area contributed by atoms with Gasteiger partial charge >= 0.3 is 12.1 Å². The standard InChI is InChI=1S/C20H14F3NO3/c21-20(22,23)13-8-6-12(7-9-13)15-10-17(25)24(14-4-2-1-3-5-14)16-11-27-19(26)18(15)16/h1-9,15H,10-11H2/t15-/m0/s1. The van der Waals surface area contributed by atoms with E-state index in [1.165, 1.54) is 17.0 Å². The zero-order chi connectivity index (χ0) is 19.2. The fraction of sp³-hybridized carbons (Fsp3) is 0.200. The maximum absolute atomic E-state index is 12.8. The highest BCUT2D eigenvalue weighted by molar-refractivity contribution is 6.06. The quantitative estimate of drug-likeness (QED) is 0.747. The lowest BCUT2D eigenvalue weighted by atomic mass is 9.84. The number of hydrogen-bond donors (Lipinski definition) is 0. The van der Waals surface area contributed by atoms with Crippen LogP contribution in [0.3, 0.4) is 0 Å². The predicted octanol–water partition coefficient (Wildman–Crippen LogP) is 4.04. The van der Waals surface area contributed by atoms with E-state index in [1.54, 1.807) is 24.3 Å². The number of hydrogen-bond acceptors (Lipinski definition) is 3. The summed E-state index contributed by atoms with van der Waals surface area (Å²) in [4.78, 5) is 26.6. The van der Waals surface area contributed by atoms with E-state index in [9.17, 15) is 22.8 Å². The molecular formula is C20H14F3NO3. The lowest BCUT2D eigenvalue weighted by Crippen LogP contribution is -2.37. The molecule has 7 heteroatoms. The topological polar surface area (TPSA) is 46.6 Å². The van der Waals surface area contributed by atoms with Gasteiger partial charge in [0.25, 0.3) is 0 Å². The molecule has 0 spiro atoms. The third-order valence-electron chi connectivity index (χ3n) is 4.77. The zero-order valence-electron chi connectivity index (χ0n) is 14.0. The van der Waals surface area contributed by atoms with Crippen LogP contribution in [0.4, 0.5) is 18.9 Å². The van der Waals surface area contributed by atoms with Gasteiger partial charge in [-0.25, -0.2) is 4.79 Å². The van der Waals surface area contributed by atoms with Gasteiger partial charge in [0.15, 0.2) is 0 Å². The Morgan fingerprint density at radius 1 is 0.963 bits per heavy atom. The van der Waals surface area contributed by atoms with Crippen molar-refractivity contribution in [3.8, 4) is 0 Å². The number of halogens is 3. The number of anilines is 1. The first-order valence-electron chi connectivity index (χ1n) is 8.31. The highest BCUT2D eigenvalue weighted by Gasteiger charge is 2.43. The second-order valence-corrected chi connectivity index (χ2v) is 6.38. The van der Waals surface area contributed by atoms with Crippen molar-refractivity contribution in [1.29, 1.82) is 0 Å². The molecule has 4 nitrogen and oxygen atoms in total. The summed E-state index contributed by atoms with van der Waals surface area (Å²) in [5.41, 5.74) is 1.11. The Balaban J connectivity index is 1.76. The summed E-state index contributed by atoms with van der Waals surface area (Å²) < 4.78 is 43.5. The number of nitrogens with zero attached hydrogens (tertiary/aromatic N) is 1. The van der Waals surface area contributed by atoms with Crippen LogP contribution in [0.5, 0.6) is 0 Å². The first-order chi connectivity index (χ1) is 12.9. The number of alkyl halides is 3. The largest absolute Gasteiger partial charge is 0.456 e. The first-order valence-corrected chi connectivity index (χ1v) is 8.31. The average Bonchev–Trinajstić information content (AvgIpc) is 3.03. The smallest absolute Gasteiger partial charge is 0.416 e. The van der Waals surface area contributed by atoms with Crippen molar-refractivity contribution in [2.24, 2.45) is 0 Å². The third-order valence-corrected chi connectivity index (χ3v) is 4.77. The van der Waals surface area contributed by atoms with Crippen molar-refractivity contribution in [2.45, 2.75) is 18.5 Å². The highest BCUT2D eigenvalue weighted by Crippen LogP contribution is 2.42. The van der Waals surface area contributed by atoms with Gasteiger partial charge in [-0.2, -0.15) is 13.2 Å². The number of carbonyl (C=O) groups is 2. The van der Waals surface area contributed by atoms with Crippen molar-refractivity contribution in [3.63, 3.8) is 0 Å². The zero-order valence-corrected chi connectivity index (χ0v) is 14.0. The van der Waals surface area contributed by atoms with E-state index < -0.39 is 23.6 Å². The molecule has 1 amide bonds. The van der Waals surface area contributed by atoms with Gasteiger partial charge in [0.2, 0.25) is 5.91 Å². The lowest BCUT2D eigenvalue weighted by molar-refractivity contribution is -0.138. The fourth-order valence-electron chi connectivity index (χ4n) is 3.52. The molecule has 2 aliphatic rings. The molecule has 0 radical (unpaired) electrons. The van der Waals surface area contributed by atoms with Crippen LogP contribution in [0.25, 0.3) is 0 Å². The molecule has 0 fully saturated rings. The Hall–Kier alpha value is -3.09. The van der Waals surface area contributed by atoms with Gasteiger partial charge in [0, 0.05) is 18.0 Å². The number of amides is 1. The summed E-state index contributed by atoms with van der Waals surface area (Å²) in [7, 11) is 0. The molecular weight excluding hydrogens is 359 g/mol. The van der Waals surface area contributed by atoms with Crippen molar-refractivity contribution in [2.75, 3.05) is 11.5 Å². The minimum atomic E-state index is -4.44. The molecule has 2 aliphatic heterocycles. The minimum absolute atomic E-state index is 0.0197. The van der Waals surface area contributed by atoms with Gasteiger partial charge in [-0.05, 0) is 29.8 Å². The SMILES string of the molecule is O=C1OCC2=C1[C@H](c1ccc(C(F)(F)F)cc1)CC(=O)N2c1ccccc1. The third kappa shape index (κ3) is 2.99. The van der Waals surface area contributed by atoms with E-state index in [-0.39, 0.29) is 18.9 Å². The summed E-state index contributed by atoms with van der Waals surface area (Å²) in [5, 5.41) is 0. The molecule has 4 rings (SSSR count). The average molecular weight is 373 g/mol. The Morgan fingerprint density at radius 3 is 2.26 bits per heavy atom. The van der Waals surface area contributed by atoms with Crippen LogP contribution in [-0.4, -0.2) is 18.5 Å². The van der Waals surface area contributed by atoms with Crippen LogP contribution >= 0.6 is 0 Å². The number of ether oxygens (including phenoxy) is 1. The molecule has 0 N–H and O–H groups in total. The lowest BCUT2D eigenvalue weighted by Gasteiger charge is -2.31. The first kappa shape index (κ1) is 17.3. The van der Waals surface area contributed by atoms with Gasteiger partial charge in [0.05, 0.1) is 16.8 Å². The molecule has 1 atom stereocenters. The van der Waals surface area contributed by atoms with E-state index in [0.717, 1.165) is 12.1 Å². The molecule has 0 aromatic heterocycles. The van der Waals surface area contributed by atoms with Gasteiger partial charge in [-0.1, -0.05) is 30.3 Å². The van der Waals surface area contributed by atoms with Crippen molar-refractivity contribution in [1.82, 2.24) is 0 Å². The fourth-order valence-corrected chi connectivity index (χ4v) is 3.52. The molecule has 27 heavy (non-hydrogen) atoms. The predicted molar refractivity (Wildman–Crippen MR) is 90.7 cm³/mol. The Labute approximate surface area is 152 Å². The minimum Gasteiger partial charge on any atom is -0.456 e. The van der Waals surface area contributed by atoms with E-state index in [4.69, 9.17) is 4.74 Å². The van der Waals surface area contributed by atoms with E-state index >= 15 is 0 Å². The Morgan fingerprint density at radius 2 is 1.63 bits per heavy atom. The van der Waals surface area contributed by atoms with Crippen LogP contribution in [0.2, 0.25) is 0 Å². The van der Waals surface area contributed by atoms with Gasteiger partial charge in [-0.3, -0.25) is 9.69 Å². The maximum atomic E-state index is 12.8. The Bertz CT molecular complexity index is 933. The Kier molecular flexibility index (Phi) is 4.02. The number of cyclic esters (lactones) is 1. The van der Waals surface area contributed by atoms with Crippen LogP contribution in [0.1, 0.15) is 23.5 Å². The summed E-state index contributed by atoms with van der Waals surface area (Å²) in [6.45, 7) is -0.0358. The summed E-state index contributed by atoms with van der Waals surface area (Å²) in [5.74, 6) is -1.39. The molecule has 0 aliphatic carbocycles. The van der Waals surface area contributed by atoms with E-state index in [0.29, 0.717) is 22.5 Å².